The van der Waals surface area contributed by atoms with Crippen LogP contribution >= 0.6 is 0 Å². The van der Waals surface area contributed by atoms with E-state index in [4.69, 9.17) is 19.4 Å². The average Bonchev–Trinajstić information content (AvgIpc) is 4.21. The predicted octanol–water partition coefficient (Wildman–Crippen LogP) is 6.20. The average molecular weight is 1020 g/mol. The number of amides is 4. The van der Waals surface area contributed by atoms with Gasteiger partial charge in [-0.2, -0.15) is 0 Å². The number of hydrogen-bond donors (Lipinski definition) is 4. The standard InChI is InChI=1S/C50H68N14O6Si2/c1-29(2)43(55-49(67)69-5)47(65)61-25-35(63-27-41(57-59-63)71(7,8)9)21-39(61)45-51-23-37(53-45)33-17-13-31(14-18-33)32-15-19-34(20-16-32)38-24-52-46(54-38)40-22-36(64-28-42(58-60-64)72(10,11)12)26-62(40)48(66)44(30(3)4)56-50(68)70-6/h13-20,23-24,27-30,35-36,39-40,43-44H,21-22,25-26H2,1-12H3,(H,51,53)(H,52,54)(H,55,67)(H,56,68)/t35-,36-,39+,40+,43+,44+/m1/s1. The van der Waals surface area contributed by atoms with E-state index < -0.39 is 52.5 Å². The molecule has 72 heavy (non-hydrogen) atoms. The lowest BCUT2D eigenvalue weighted by molar-refractivity contribution is -0.136. The van der Waals surface area contributed by atoms with Crippen LogP contribution in [0.25, 0.3) is 33.6 Å². The minimum Gasteiger partial charge on any atom is -0.453 e. The number of benzene rings is 2. The second-order valence-corrected chi connectivity index (χ2v) is 31.7. The van der Waals surface area contributed by atoms with Crippen molar-refractivity contribution in [1.29, 1.82) is 0 Å². The summed E-state index contributed by atoms with van der Waals surface area (Å²) >= 11 is 0. The minimum atomic E-state index is -1.73. The molecule has 4 amide bonds. The summed E-state index contributed by atoms with van der Waals surface area (Å²) in [6.45, 7) is 21.7. The van der Waals surface area contributed by atoms with Gasteiger partial charge in [0.1, 0.15) is 39.9 Å². The maximum absolute atomic E-state index is 14.3. The van der Waals surface area contributed by atoms with Crippen molar-refractivity contribution in [3.8, 4) is 33.6 Å². The summed E-state index contributed by atoms with van der Waals surface area (Å²) in [6.07, 6.45) is 7.39. The Morgan fingerprint density at radius 2 is 0.931 bits per heavy atom. The second kappa shape index (κ2) is 20.6. The number of H-pyrrole nitrogens is 2. The molecule has 0 spiro atoms. The normalized spacial score (nSPS) is 19.2. The number of aromatic amines is 2. The van der Waals surface area contributed by atoms with Gasteiger partial charge in [0.2, 0.25) is 11.8 Å². The van der Waals surface area contributed by atoms with E-state index in [0.29, 0.717) is 37.6 Å². The van der Waals surface area contributed by atoms with Crippen LogP contribution in [-0.2, 0) is 19.1 Å². The molecule has 4 aromatic heterocycles. The molecule has 20 nitrogen and oxygen atoms in total. The molecule has 2 aromatic carbocycles. The molecule has 0 aliphatic carbocycles. The fourth-order valence-electron chi connectivity index (χ4n) is 9.36. The number of ether oxygens (including phenoxy) is 2. The Morgan fingerprint density at radius 1 is 0.583 bits per heavy atom. The molecule has 0 unspecified atom stereocenters. The van der Waals surface area contributed by atoms with Crippen LogP contribution < -0.4 is 21.3 Å². The third-order valence-electron chi connectivity index (χ3n) is 13.8. The van der Waals surface area contributed by atoms with E-state index in [9.17, 15) is 19.2 Å². The molecule has 6 aromatic rings. The van der Waals surface area contributed by atoms with Gasteiger partial charge in [-0.1, -0.05) is 126 Å². The number of alkyl carbamates (subject to hydrolysis) is 2. The maximum atomic E-state index is 14.3. The van der Waals surface area contributed by atoms with Crippen molar-refractivity contribution in [1.82, 2.24) is 70.4 Å². The van der Waals surface area contributed by atoms with E-state index in [0.717, 1.165) is 44.3 Å². The van der Waals surface area contributed by atoms with Gasteiger partial charge in [0.05, 0.1) is 72.8 Å². The topological polar surface area (TPSA) is 236 Å². The van der Waals surface area contributed by atoms with Crippen LogP contribution in [0.5, 0.6) is 0 Å². The first-order valence-electron chi connectivity index (χ1n) is 24.6. The molecule has 8 rings (SSSR count). The molecule has 0 radical (unpaired) electrons. The van der Waals surface area contributed by atoms with Gasteiger partial charge in [0, 0.05) is 25.5 Å². The van der Waals surface area contributed by atoms with Crippen LogP contribution in [0.15, 0.2) is 73.3 Å². The van der Waals surface area contributed by atoms with E-state index >= 15 is 0 Å². The SMILES string of the molecule is COC(=O)N[C@H](C(=O)N1C[C@H](n2cc([Si](C)(C)C)nn2)C[C@H]1c1ncc(-c2ccc(-c3ccc(-c4cnc([C@@H]5C[C@@H](n6cc([Si](C)(C)C)nn6)CN5C(=O)[C@@H](NC(=O)OC)C(C)C)[nH]4)cc3)cc2)[nH]1)C(C)C. The first-order valence-corrected chi connectivity index (χ1v) is 31.6. The third-order valence-corrected chi connectivity index (χ3v) is 17.3. The molecule has 382 valence electrons. The minimum absolute atomic E-state index is 0.145. The number of hydrogen-bond acceptors (Lipinski definition) is 12. The summed E-state index contributed by atoms with van der Waals surface area (Å²) in [4.78, 5) is 73.6. The van der Waals surface area contributed by atoms with Gasteiger partial charge in [-0.25, -0.2) is 28.9 Å². The van der Waals surface area contributed by atoms with Gasteiger partial charge < -0.3 is 39.9 Å². The second-order valence-electron chi connectivity index (χ2n) is 21.7. The highest BCUT2D eigenvalue weighted by atomic mass is 28.3. The molecule has 4 N–H and O–H groups in total. The number of methoxy groups -OCH3 is 2. The third kappa shape index (κ3) is 10.9. The van der Waals surface area contributed by atoms with Crippen LogP contribution in [0.2, 0.25) is 39.3 Å². The molecule has 6 atom stereocenters. The number of nitrogens with zero attached hydrogens (tertiary/aromatic N) is 10. The first kappa shape index (κ1) is 51.4. The summed E-state index contributed by atoms with van der Waals surface area (Å²) in [5.74, 6) is 0.452. The smallest absolute Gasteiger partial charge is 0.407 e. The molecular formula is C50H68N14O6Si2. The van der Waals surface area contributed by atoms with Crippen LogP contribution in [0, 0.1) is 11.8 Å². The van der Waals surface area contributed by atoms with Crippen molar-refractivity contribution in [2.24, 2.45) is 11.8 Å². The Bertz CT molecular complexity index is 2680. The summed E-state index contributed by atoms with van der Waals surface area (Å²) < 4.78 is 13.5. The lowest BCUT2D eigenvalue weighted by atomic mass is 10.0. The predicted molar refractivity (Wildman–Crippen MR) is 278 cm³/mol. The first-order chi connectivity index (χ1) is 34.1. The van der Waals surface area contributed by atoms with Gasteiger partial charge >= 0.3 is 12.2 Å². The van der Waals surface area contributed by atoms with E-state index in [-0.39, 0.29) is 35.7 Å². The molecule has 0 saturated carbocycles. The summed E-state index contributed by atoms with van der Waals surface area (Å²) in [5, 5.41) is 25.5. The Hall–Kier alpha value is -6.95. The van der Waals surface area contributed by atoms with Crippen LogP contribution in [0.3, 0.4) is 0 Å². The number of rotatable bonds is 15. The van der Waals surface area contributed by atoms with Gasteiger partial charge in [-0.05, 0) is 46.9 Å². The monoisotopic (exact) mass is 1020 g/mol. The van der Waals surface area contributed by atoms with Crippen molar-refractivity contribution in [3.05, 3.63) is 85.0 Å². The van der Waals surface area contributed by atoms with Crippen LogP contribution in [-0.4, -0.2) is 139 Å². The zero-order valence-electron chi connectivity index (χ0n) is 43.3. The number of likely N-dealkylation sites (tertiary alicyclic amines) is 2. The van der Waals surface area contributed by atoms with Crippen molar-refractivity contribution in [3.63, 3.8) is 0 Å². The zero-order chi connectivity index (χ0) is 51.8. The molecule has 0 bridgehead atoms. The number of aromatic nitrogens is 10. The Balaban J connectivity index is 0.991. The number of carbonyl (C=O) groups is 4. The lowest BCUT2D eigenvalue weighted by Gasteiger charge is -2.29. The highest BCUT2D eigenvalue weighted by Crippen LogP contribution is 2.40. The summed E-state index contributed by atoms with van der Waals surface area (Å²) in [6, 6.07) is 13.7. The molecule has 2 aliphatic heterocycles. The van der Waals surface area contributed by atoms with E-state index in [1.807, 2.05) is 73.7 Å². The Kier molecular flexibility index (Phi) is 14.7. The zero-order valence-corrected chi connectivity index (χ0v) is 45.3. The van der Waals surface area contributed by atoms with Gasteiger partial charge in [-0.15, -0.1) is 10.2 Å². The van der Waals surface area contributed by atoms with E-state index in [1.54, 1.807) is 22.2 Å². The van der Waals surface area contributed by atoms with Crippen molar-refractivity contribution >= 4 is 50.8 Å². The van der Waals surface area contributed by atoms with Crippen molar-refractivity contribution in [2.45, 2.75) is 116 Å². The highest BCUT2D eigenvalue weighted by Gasteiger charge is 2.44. The van der Waals surface area contributed by atoms with Gasteiger partial charge in [0.15, 0.2) is 0 Å². The maximum Gasteiger partial charge on any atom is 0.407 e. The fraction of sp³-hybridized carbons (Fsp3) is 0.480. The Morgan fingerprint density at radius 3 is 1.24 bits per heavy atom. The number of nitrogens with one attached hydrogen (secondary N) is 4. The number of carbonyl (C=O) groups excluding carboxylic acids is 4. The number of imidazole rings is 2. The van der Waals surface area contributed by atoms with Crippen LogP contribution in [0.4, 0.5) is 9.59 Å². The van der Waals surface area contributed by atoms with Crippen molar-refractivity contribution in [2.75, 3.05) is 27.3 Å². The van der Waals surface area contributed by atoms with Crippen molar-refractivity contribution < 1.29 is 28.7 Å². The lowest BCUT2D eigenvalue weighted by Crippen LogP contribution is -2.51. The molecular weight excluding hydrogens is 949 g/mol. The van der Waals surface area contributed by atoms with Gasteiger partial charge in [-0.3, -0.25) is 9.59 Å². The molecule has 2 aliphatic rings. The Labute approximate surface area is 422 Å². The molecule has 6 heterocycles. The van der Waals surface area contributed by atoms with E-state index in [1.165, 1.54) is 14.2 Å². The van der Waals surface area contributed by atoms with E-state index in [2.05, 4.69) is 105 Å². The summed E-state index contributed by atoms with van der Waals surface area (Å²) in [5.41, 5.74) is 5.50. The van der Waals surface area contributed by atoms with Crippen LogP contribution in [0.1, 0.15) is 76.4 Å². The molecule has 2 saturated heterocycles. The molecule has 2 fully saturated rings. The molecule has 22 heteroatoms. The quantitative estimate of drug-likeness (QED) is 0.0843. The summed E-state index contributed by atoms with van der Waals surface area (Å²) in [7, 11) is -0.889. The van der Waals surface area contributed by atoms with Gasteiger partial charge in [0.25, 0.3) is 0 Å². The highest BCUT2D eigenvalue weighted by molar-refractivity contribution is 6.88. The largest absolute Gasteiger partial charge is 0.453 e. The fourth-order valence-corrected chi connectivity index (χ4v) is 11.1.